The third kappa shape index (κ3) is 3.56. The van der Waals surface area contributed by atoms with Crippen LogP contribution in [0.2, 0.25) is 0 Å². The predicted octanol–water partition coefficient (Wildman–Crippen LogP) is 4.97. The van der Waals surface area contributed by atoms with Gasteiger partial charge < -0.3 is 5.32 Å². The smallest absolute Gasteiger partial charge is 0.0201 e. The fourth-order valence-corrected chi connectivity index (χ4v) is 4.32. The lowest BCUT2D eigenvalue weighted by molar-refractivity contribution is 0.330. The molecule has 0 amide bonds. The number of thiophene rings is 1. The van der Waals surface area contributed by atoms with Crippen molar-refractivity contribution in [1.29, 1.82) is 0 Å². The van der Waals surface area contributed by atoms with E-state index in [1.165, 1.54) is 35.3 Å². The van der Waals surface area contributed by atoms with Gasteiger partial charge >= 0.3 is 0 Å². The Morgan fingerprint density at radius 2 is 1.90 bits per heavy atom. The van der Waals surface area contributed by atoms with Gasteiger partial charge in [0.05, 0.1) is 0 Å². The maximum absolute atomic E-state index is 3.83. The number of hydrogen-bond acceptors (Lipinski definition) is 2. The quantitative estimate of drug-likeness (QED) is 0.772. The minimum Gasteiger partial charge on any atom is -0.309 e. The van der Waals surface area contributed by atoms with E-state index in [1.54, 1.807) is 0 Å². The maximum Gasteiger partial charge on any atom is 0.0201 e. The van der Waals surface area contributed by atoms with Gasteiger partial charge in [0.15, 0.2) is 0 Å². The van der Waals surface area contributed by atoms with E-state index in [1.807, 2.05) is 11.3 Å². The molecular weight excluding hydrogens is 274 g/mol. The highest BCUT2D eigenvalue weighted by atomic mass is 32.1. The fourth-order valence-electron chi connectivity index (χ4n) is 3.46. The molecule has 1 aromatic carbocycles. The Bertz CT molecular complexity index is 580. The molecule has 3 rings (SSSR count). The topological polar surface area (TPSA) is 12.0 Å². The lowest BCUT2D eigenvalue weighted by atomic mass is 9.90. The van der Waals surface area contributed by atoms with Crippen LogP contribution in [0.25, 0.3) is 0 Å². The lowest BCUT2D eigenvalue weighted by Gasteiger charge is -2.29. The van der Waals surface area contributed by atoms with Gasteiger partial charge in [0.25, 0.3) is 0 Å². The molecule has 112 valence electrons. The molecule has 0 bridgehead atoms. The fraction of sp³-hybridized carbons (Fsp3) is 0.474. The van der Waals surface area contributed by atoms with Crippen molar-refractivity contribution in [3.05, 3.63) is 57.8 Å². The van der Waals surface area contributed by atoms with Gasteiger partial charge in [0, 0.05) is 22.4 Å². The second-order valence-electron chi connectivity index (χ2n) is 7.13. The minimum atomic E-state index is 0.182. The molecule has 1 nitrogen and oxygen atoms in total. The number of nitrogens with one attached hydrogen (secondary N) is 1. The second kappa shape index (κ2) is 5.94. The summed E-state index contributed by atoms with van der Waals surface area (Å²) in [5, 5.41) is 6.03. The van der Waals surface area contributed by atoms with E-state index in [9.17, 15) is 0 Å². The Morgan fingerprint density at radius 1 is 1.10 bits per heavy atom. The first kappa shape index (κ1) is 14.8. The van der Waals surface area contributed by atoms with Gasteiger partial charge in [-0.1, -0.05) is 30.3 Å². The molecule has 0 saturated carbocycles. The number of fused-ring (bicyclic) bond motifs is 1. The van der Waals surface area contributed by atoms with Gasteiger partial charge in [-0.3, -0.25) is 0 Å². The Kier molecular flexibility index (Phi) is 4.19. The van der Waals surface area contributed by atoms with Gasteiger partial charge in [-0.2, -0.15) is 0 Å². The van der Waals surface area contributed by atoms with Crippen molar-refractivity contribution >= 4 is 11.3 Å². The molecule has 2 atom stereocenters. The van der Waals surface area contributed by atoms with Crippen molar-refractivity contribution in [3.63, 3.8) is 0 Å². The van der Waals surface area contributed by atoms with Crippen LogP contribution >= 0.6 is 11.3 Å². The number of aryl methyl sites for hydroxylation is 1. The summed E-state index contributed by atoms with van der Waals surface area (Å²) < 4.78 is 0. The molecule has 0 fully saturated rings. The van der Waals surface area contributed by atoms with Gasteiger partial charge in [0.1, 0.15) is 0 Å². The van der Waals surface area contributed by atoms with Crippen LogP contribution in [0.3, 0.4) is 0 Å². The zero-order valence-electron chi connectivity index (χ0n) is 13.2. The highest BCUT2D eigenvalue weighted by Gasteiger charge is 2.28. The van der Waals surface area contributed by atoms with Gasteiger partial charge in [0.2, 0.25) is 0 Å². The molecule has 0 saturated heterocycles. The van der Waals surface area contributed by atoms with Crippen molar-refractivity contribution in [3.8, 4) is 0 Å². The first-order chi connectivity index (χ1) is 10.0. The summed E-state index contributed by atoms with van der Waals surface area (Å²) in [6.45, 7) is 6.81. The van der Waals surface area contributed by atoms with E-state index in [2.05, 4.69) is 67.9 Å². The molecule has 21 heavy (non-hydrogen) atoms. The zero-order chi connectivity index (χ0) is 14.9. The molecule has 1 aliphatic rings. The Labute approximate surface area is 132 Å². The van der Waals surface area contributed by atoms with Crippen molar-refractivity contribution in [2.24, 2.45) is 0 Å². The van der Waals surface area contributed by atoms with E-state index in [-0.39, 0.29) is 5.54 Å². The van der Waals surface area contributed by atoms with Crippen LogP contribution in [0.15, 0.2) is 41.8 Å². The van der Waals surface area contributed by atoms with Crippen LogP contribution in [-0.2, 0) is 6.42 Å². The molecule has 1 aliphatic carbocycles. The minimum absolute atomic E-state index is 0.182. The van der Waals surface area contributed by atoms with Crippen molar-refractivity contribution in [2.75, 3.05) is 0 Å². The molecule has 1 N–H and O–H groups in total. The highest BCUT2D eigenvalue weighted by molar-refractivity contribution is 7.10. The van der Waals surface area contributed by atoms with Gasteiger partial charge in [-0.25, -0.2) is 0 Å². The third-order valence-electron chi connectivity index (χ3n) is 4.24. The van der Waals surface area contributed by atoms with E-state index in [4.69, 9.17) is 0 Å². The largest absolute Gasteiger partial charge is 0.309 e. The Hall–Kier alpha value is -1.12. The first-order valence-electron chi connectivity index (χ1n) is 7.92. The molecule has 0 spiro atoms. The first-order valence-corrected chi connectivity index (χ1v) is 8.80. The Morgan fingerprint density at radius 3 is 2.62 bits per heavy atom. The average molecular weight is 299 g/mol. The van der Waals surface area contributed by atoms with E-state index < -0.39 is 0 Å². The molecule has 2 aromatic rings. The summed E-state index contributed by atoms with van der Waals surface area (Å²) in [5.74, 6) is 0.545. The number of benzene rings is 1. The molecule has 0 radical (unpaired) electrons. The van der Waals surface area contributed by atoms with Gasteiger partial charge in [-0.15, -0.1) is 11.3 Å². The Balaban J connectivity index is 1.93. The summed E-state index contributed by atoms with van der Waals surface area (Å²) in [5.41, 5.74) is 3.26. The molecule has 0 aliphatic heterocycles. The van der Waals surface area contributed by atoms with Crippen LogP contribution in [0.4, 0.5) is 0 Å². The SMILES string of the molecule is CC(C)(C)N[C@@H]1CCc2ccccc2[C@H](c2cccs2)C1. The van der Waals surface area contributed by atoms with Gasteiger partial charge in [-0.05, 0) is 62.6 Å². The normalized spacial score (nSPS) is 22.6. The van der Waals surface area contributed by atoms with Crippen LogP contribution in [0.1, 0.15) is 55.5 Å². The van der Waals surface area contributed by atoms with E-state index in [0.29, 0.717) is 12.0 Å². The van der Waals surface area contributed by atoms with E-state index >= 15 is 0 Å². The van der Waals surface area contributed by atoms with Crippen LogP contribution < -0.4 is 5.32 Å². The molecule has 1 aromatic heterocycles. The summed E-state index contributed by atoms with van der Waals surface area (Å²) in [6, 6.07) is 14.1. The summed E-state index contributed by atoms with van der Waals surface area (Å²) in [6.07, 6.45) is 3.62. The predicted molar refractivity (Wildman–Crippen MR) is 92.2 cm³/mol. The third-order valence-corrected chi connectivity index (χ3v) is 5.22. The van der Waals surface area contributed by atoms with E-state index in [0.717, 1.165) is 0 Å². The monoisotopic (exact) mass is 299 g/mol. The second-order valence-corrected chi connectivity index (χ2v) is 8.11. The molecular formula is C19H25NS. The summed E-state index contributed by atoms with van der Waals surface area (Å²) >= 11 is 1.89. The number of hydrogen-bond donors (Lipinski definition) is 1. The van der Waals surface area contributed by atoms with Crippen molar-refractivity contribution in [2.45, 2.75) is 57.5 Å². The molecule has 1 heterocycles. The van der Waals surface area contributed by atoms with Crippen LogP contribution in [0, 0.1) is 0 Å². The van der Waals surface area contributed by atoms with Crippen molar-refractivity contribution in [1.82, 2.24) is 5.32 Å². The van der Waals surface area contributed by atoms with Crippen LogP contribution in [-0.4, -0.2) is 11.6 Å². The maximum atomic E-state index is 3.83. The zero-order valence-corrected chi connectivity index (χ0v) is 14.0. The summed E-state index contributed by atoms with van der Waals surface area (Å²) in [7, 11) is 0. The number of rotatable bonds is 2. The van der Waals surface area contributed by atoms with Crippen molar-refractivity contribution < 1.29 is 0 Å². The standard InChI is InChI=1S/C19H25NS/c1-19(2,3)20-15-11-10-14-7-4-5-8-16(14)17(13-15)18-9-6-12-21-18/h4-9,12,15,17,20H,10-11,13H2,1-3H3/t15-,17-/m1/s1. The summed E-state index contributed by atoms with van der Waals surface area (Å²) in [4.78, 5) is 1.50. The average Bonchev–Trinajstić information content (AvgIpc) is 2.89. The lowest BCUT2D eigenvalue weighted by Crippen LogP contribution is -2.44. The molecule has 0 unspecified atom stereocenters. The highest BCUT2D eigenvalue weighted by Crippen LogP contribution is 2.38. The molecule has 2 heteroatoms. The van der Waals surface area contributed by atoms with Crippen LogP contribution in [0.5, 0.6) is 0 Å².